The van der Waals surface area contributed by atoms with E-state index in [4.69, 9.17) is 9.72 Å². The van der Waals surface area contributed by atoms with Gasteiger partial charge in [-0.1, -0.05) is 24.3 Å². The number of hydrogen-bond acceptors (Lipinski definition) is 9. The Labute approximate surface area is 240 Å². The van der Waals surface area contributed by atoms with Crippen LogP contribution in [0.1, 0.15) is 36.9 Å². The number of ether oxygens (including phenoxy) is 1. The third kappa shape index (κ3) is 7.91. The van der Waals surface area contributed by atoms with Crippen molar-refractivity contribution in [3.8, 4) is 5.75 Å². The van der Waals surface area contributed by atoms with Crippen LogP contribution in [0, 0.1) is 0 Å². The zero-order valence-corrected chi connectivity index (χ0v) is 23.5. The lowest BCUT2D eigenvalue weighted by Crippen LogP contribution is -2.37. The average Bonchev–Trinajstić information content (AvgIpc) is 3.38. The number of aliphatic carboxylic acids is 1. The second-order valence-corrected chi connectivity index (χ2v) is 10.4. The van der Waals surface area contributed by atoms with Crippen LogP contribution < -0.4 is 15.4 Å². The number of para-hydroxylation sites is 1. The summed E-state index contributed by atoms with van der Waals surface area (Å²) < 4.78 is 7.59. The van der Waals surface area contributed by atoms with Crippen molar-refractivity contribution in [1.82, 2.24) is 29.6 Å². The third-order valence-corrected chi connectivity index (χ3v) is 7.29. The molecule has 1 aliphatic heterocycles. The summed E-state index contributed by atoms with van der Waals surface area (Å²) in [5, 5.41) is 20.9. The van der Waals surface area contributed by atoms with E-state index in [1.807, 2.05) is 30.3 Å². The first-order chi connectivity index (χ1) is 20.0. The van der Waals surface area contributed by atoms with Crippen LogP contribution in [0.15, 0.2) is 55.0 Å². The monoisotopic (exact) mass is 558 g/mol. The summed E-state index contributed by atoms with van der Waals surface area (Å²) >= 11 is 0. The highest BCUT2D eigenvalue weighted by atomic mass is 16.5. The molecule has 0 aliphatic carbocycles. The van der Waals surface area contributed by atoms with E-state index < -0.39 is 12.0 Å². The number of carboxylic acids is 1. The number of fused-ring (bicyclic) bond motifs is 2. The number of unbranched alkanes of at least 4 members (excludes halogenated alkanes) is 1. The van der Waals surface area contributed by atoms with Gasteiger partial charge in [0.25, 0.3) is 0 Å². The quantitative estimate of drug-likeness (QED) is 0.185. The van der Waals surface area contributed by atoms with Crippen molar-refractivity contribution in [1.29, 1.82) is 0 Å². The van der Waals surface area contributed by atoms with E-state index in [1.165, 1.54) is 11.9 Å². The second kappa shape index (κ2) is 13.9. The molecule has 0 amide bonds. The van der Waals surface area contributed by atoms with E-state index in [-0.39, 0.29) is 0 Å². The van der Waals surface area contributed by atoms with Crippen molar-refractivity contribution in [3.63, 3.8) is 0 Å². The normalized spacial score (nSPS) is 13.5. The average molecular weight is 559 g/mol. The molecule has 1 atom stereocenters. The third-order valence-electron chi connectivity index (χ3n) is 7.29. The van der Waals surface area contributed by atoms with Gasteiger partial charge in [-0.15, -0.1) is 0 Å². The molecule has 0 radical (unpaired) electrons. The van der Waals surface area contributed by atoms with Crippen LogP contribution in [0.25, 0.3) is 11.0 Å². The van der Waals surface area contributed by atoms with Gasteiger partial charge in [0.15, 0.2) is 11.3 Å². The van der Waals surface area contributed by atoms with Gasteiger partial charge >= 0.3 is 5.97 Å². The van der Waals surface area contributed by atoms with Gasteiger partial charge < -0.3 is 20.5 Å². The van der Waals surface area contributed by atoms with Crippen LogP contribution in [0.3, 0.4) is 0 Å². The van der Waals surface area contributed by atoms with Crippen LogP contribution in [0.2, 0.25) is 0 Å². The summed E-state index contributed by atoms with van der Waals surface area (Å²) in [5.41, 5.74) is 3.63. The first kappa shape index (κ1) is 28.3. The Balaban J connectivity index is 1.17. The van der Waals surface area contributed by atoms with E-state index in [2.05, 4.69) is 42.7 Å². The van der Waals surface area contributed by atoms with Crippen molar-refractivity contribution >= 4 is 28.6 Å². The molecule has 0 saturated heterocycles. The molecule has 3 aromatic heterocycles. The summed E-state index contributed by atoms with van der Waals surface area (Å²) in [4.78, 5) is 27.8. The topological polar surface area (TPSA) is 130 Å². The summed E-state index contributed by atoms with van der Waals surface area (Å²) in [7, 11) is 1.80. The lowest BCUT2D eigenvalue weighted by molar-refractivity contribution is -0.138. The summed E-state index contributed by atoms with van der Waals surface area (Å²) in [6.07, 6.45) is 8.74. The molecule has 4 aromatic rings. The molecule has 41 heavy (non-hydrogen) atoms. The number of anilines is 2. The van der Waals surface area contributed by atoms with Crippen molar-refractivity contribution in [2.24, 2.45) is 7.05 Å². The van der Waals surface area contributed by atoms with Crippen molar-refractivity contribution < 1.29 is 14.6 Å². The molecule has 3 N–H and O–H groups in total. The number of nitrogens with zero attached hydrogens (tertiary/aromatic N) is 6. The maximum Gasteiger partial charge on any atom is 0.326 e. The van der Waals surface area contributed by atoms with E-state index in [9.17, 15) is 9.90 Å². The largest absolute Gasteiger partial charge is 0.492 e. The Hall–Kier alpha value is -4.25. The fourth-order valence-electron chi connectivity index (χ4n) is 5.08. The number of aromatic nitrogens is 5. The Morgan fingerprint density at radius 3 is 2.88 bits per heavy atom. The molecule has 11 heteroatoms. The zero-order valence-electron chi connectivity index (χ0n) is 23.5. The SMILES string of the molecule is Cn1cc2ncnc(NC(CCN(CCCCc3ccc4c(n3)NCCC4)CCOc3ccccc3)C(=O)O)c2n1. The number of benzene rings is 1. The summed E-state index contributed by atoms with van der Waals surface area (Å²) in [6, 6.07) is 13.3. The lowest BCUT2D eigenvalue weighted by Gasteiger charge is -2.24. The highest BCUT2D eigenvalue weighted by molar-refractivity contribution is 5.87. The van der Waals surface area contributed by atoms with Gasteiger partial charge in [-0.05, 0) is 68.8 Å². The van der Waals surface area contributed by atoms with E-state index in [0.717, 1.165) is 62.5 Å². The number of nitrogens with one attached hydrogen (secondary N) is 2. The minimum atomic E-state index is -0.930. The predicted molar refractivity (Wildman–Crippen MR) is 158 cm³/mol. The Morgan fingerprint density at radius 1 is 1.15 bits per heavy atom. The lowest BCUT2D eigenvalue weighted by atomic mass is 10.1. The number of hydrogen-bond donors (Lipinski definition) is 3. The van der Waals surface area contributed by atoms with Gasteiger partial charge in [-0.25, -0.2) is 19.7 Å². The molecule has 1 unspecified atom stereocenters. The summed E-state index contributed by atoms with van der Waals surface area (Å²) in [5.74, 6) is 1.36. The molecule has 5 rings (SSSR count). The van der Waals surface area contributed by atoms with E-state index >= 15 is 0 Å². The van der Waals surface area contributed by atoms with Crippen molar-refractivity contribution in [2.45, 2.75) is 44.6 Å². The highest BCUT2D eigenvalue weighted by Crippen LogP contribution is 2.21. The molecule has 0 fully saturated rings. The Kier molecular flexibility index (Phi) is 9.58. The molecular formula is C30H38N8O3. The standard InChI is InChI=1S/C30H38N8O3/c1-37-20-26-27(36-37)29(33-21-32-26)35-25(30(39)40)14-17-38(18-19-41-24-10-3-2-4-11-24)16-6-5-9-23-13-12-22-8-7-15-31-28(22)34-23/h2-4,10-13,20-21,25H,5-9,14-19H2,1H3,(H,31,34)(H,39,40)(H,32,33,35). The first-order valence-corrected chi connectivity index (χ1v) is 14.3. The highest BCUT2D eigenvalue weighted by Gasteiger charge is 2.21. The van der Waals surface area contributed by atoms with Gasteiger partial charge in [0, 0.05) is 32.4 Å². The molecule has 1 aliphatic rings. The van der Waals surface area contributed by atoms with E-state index in [0.29, 0.717) is 43.0 Å². The number of rotatable bonds is 15. The number of pyridine rings is 1. The zero-order chi connectivity index (χ0) is 28.4. The number of carboxylic acid groups (broad SMARTS) is 1. The molecular weight excluding hydrogens is 520 g/mol. The number of carbonyl (C=O) groups is 1. The van der Waals surface area contributed by atoms with Crippen LogP contribution in [0.4, 0.5) is 11.6 Å². The van der Waals surface area contributed by atoms with Crippen molar-refractivity contribution in [2.75, 3.05) is 43.4 Å². The molecule has 0 saturated carbocycles. The minimum absolute atomic E-state index is 0.400. The van der Waals surface area contributed by atoms with Crippen LogP contribution >= 0.6 is 0 Å². The summed E-state index contributed by atoms with van der Waals surface area (Å²) in [6.45, 7) is 3.64. The molecule has 11 nitrogen and oxygen atoms in total. The second-order valence-electron chi connectivity index (χ2n) is 10.4. The Morgan fingerprint density at radius 2 is 2.02 bits per heavy atom. The smallest absolute Gasteiger partial charge is 0.326 e. The molecule has 4 heterocycles. The minimum Gasteiger partial charge on any atom is -0.492 e. The van der Waals surface area contributed by atoms with Crippen LogP contribution in [-0.4, -0.2) is 79.5 Å². The number of aryl methyl sites for hydroxylation is 3. The van der Waals surface area contributed by atoms with Gasteiger partial charge in [-0.3, -0.25) is 9.58 Å². The first-order valence-electron chi connectivity index (χ1n) is 14.3. The van der Waals surface area contributed by atoms with Crippen LogP contribution in [-0.2, 0) is 24.7 Å². The maximum absolute atomic E-state index is 12.2. The van der Waals surface area contributed by atoms with Gasteiger partial charge in [-0.2, -0.15) is 5.10 Å². The van der Waals surface area contributed by atoms with Gasteiger partial charge in [0.05, 0.1) is 6.20 Å². The molecule has 0 spiro atoms. The van der Waals surface area contributed by atoms with Gasteiger partial charge in [0.2, 0.25) is 0 Å². The maximum atomic E-state index is 12.2. The van der Waals surface area contributed by atoms with Crippen LogP contribution in [0.5, 0.6) is 5.75 Å². The molecule has 216 valence electrons. The Bertz CT molecular complexity index is 1430. The fourth-order valence-corrected chi connectivity index (χ4v) is 5.08. The van der Waals surface area contributed by atoms with E-state index in [1.54, 1.807) is 17.9 Å². The predicted octanol–water partition coefficient (Wildman–Crippen LogP) is 3.78. The van der Waals surface area contributed by atoms with Gasteiger partial charge in [0.1, 0.15) is 36.1 Å². The van der Waals surface area contributed by atoms with Crippen molar-refractivity contribution in [3.05, 3.63) is 66.2 Å². The fraction of sp³-hybridized carbons (Fsp3) is 0.433. The molecule has 0 bridgehead atoms. The molecule has 1 aromatic carbocycles.